The first-order valence-corrected chi connectivity index (χ1v) is 5.74. The Hall–Kier alpha value is -1.60. The number of hydrogen-bond donors (Lipinski definition) is 2. The number of rotatable bonds is 6. The number of nitrogens with one attached hydrogen (secondary N) is 1. The standard InChI is InChI=1S/C12H16F2N2O3/c1-8-3-4-10(5-11(8)16(18)19)9(2)15-6-12(13,14)7-17/h3-5,9,15,17H,6-7H2,1-2H3. The Balaban J connectivity index is 2.80. The molecule has 0 bridgehead atoms. The fraction of sp³-hybridized carbons (Fsp3) is 0.500. The highest BCUT2D eigenvalue weighted by Crippen LogP contribution is 2.23. The van der Waals surface area contributed by atoms with Crippen LogP contribution in [0.3, 0.4) is 0 Å². The Labute approximate surface area is 109 Å². The van der Waals surface area contributed by atoms with Gasteiger partial charge >= 0.3 is 0 Å². The maximum atomic E-state index is 12.9. The molecule has 1 rings (SSSR count). The van der Waals surface area contributed by atoms with Crippen molar-refractivity contribution >= 4 is 5.69 Å². The molecule has 0 aliphatic rings. The SMILES string of the molecule is Cc1ccc(C(C)NCC(F)(F)CO)cc1[N+](=O)[O-]. The van der Waals surface area contributed by atoms with E-state index in [9.17, 15) is 18.9 Å². The zero-order valence-corrected chi connectivity index (χ0v) is 10.7. The molecule has 0 aliphatic heterocycles. The second-order valence-corrected chi connectivity index (χ2v) is 4.42. The van der Waals surface area contributed by atoms with Crippen molar-refractivity contribution < 1.29 is 18.8 Å². The van der Waals surface area contributed by atoms with Gasteiger partial charge in [0.25, 0.3) is 11.6 Å². The van der Waals surface area contributed by atoms with Crippen LogP contribution in [-0.4, -0.2) is 29.1 Å². The largest absolute Gasteiger partial charge is 0.390 e. The lowest BCUT2D eigenvalue weighted by molar-refractivity contribution is -0.385. The number of nitrogens with zero attached hydrogens (tertiary/aromatic N) is 1. The fourth-order valence-corrected chi connectivity index (χ4v) is 1.57. The molecule has 106 valence electrons. The lowest BCUT2D eigenvalue weighted by atomic mass is 10.0. The van der Waals surface area contributed by atoms with Crippen LogP contribution >= 0.6 is 0 Å². The van der Waals surface area contributed by atoms with Gasteiger partial charge in [0.2, 0.25) is 0 Å². The van der Waals surface area contributed by atoms with E-state index in [4.69, 9.17) is 5.11 Å². The molecule has 1 unspecified atom stereocenters. The van der Waals surface area contributed by atoms with Crippen LogP contribution in [0.15, 0.2) is 18.2 Å². The van der Waals surface area contributed by atoms with Crippen molar-refractivity contribution in [1.29, 1.82) is 0 Å². The van der Waals surface area contributed by atoms with Gasteiger partial charge in [0.15, 0.2) is 0 Å². The zero-order valence-electron chi connectivity index (χ0n) is 10.7. The molecule has 0 radical (unpaired) electrons. The summed E-state index contributed by atoms with van der Waals surface area (Å²) >= 11 is 0. The Morgan fingerprint density at radius 2 is 2.16 bits per heavy atom. The second kappa shape index (κ2) is 6.03. The number of halogens is 2. The molecule has 1 aromatic carbocycles. The molecule has 0 aromatic heterocycles. The summed E-state index contributed by atoms with van der Waals surface area (Å²) in [6.07, 6.45) is 0. The van der Waals surface area contributed by atoms with E-state index in [1.165, 1.54) is 6.07 Å². The summed E-state index contributed by atoms with van der Waals surface area (Å²) in [5, 5.41) is 21.8. The third kappa shape index (κ3) is 4.22. The van der Waals surface area contributed by atoms with E-state index in [2.05, 4.69) is 5.32 Å². The topological polar surface area (TPSA) is 75.4 Å². The van der Waals surface area contributed by atoms with Gasteiger partial charge in [-0.3, -0.25) is 10.1 Å². The summed E-state index contributed by atoms with van der Waals surface area (Å²) in [6, 6.07) is 4.12. The molecule has 0 saturated heterocycles. The van der Waals surface area contributed by atoms with E-state index in [-0.39, 0.29) is 5.69 Å². The lowest BCUT2D eigenvalue weighted by Gasteiger charge is -2.19. The van der Waals surface area contributed by atoms with Crippen LogP contribution in [-0.2, 0) is 0 Å². The molecule has 5 nitrogen and oxygen atoms in total. The van der Waals surface area contributed by atoms with Crippen molar-refractivity contribution in [1.82, 2.24) is 5.32 Å². The second-order valence-electron chi connectivity index (χ2n) is 4.42. The molecule has 0 spiro atoms. The number of benzene rings is 1. The highest BCUT2D eigenvalue weighted by Gasteiger charge is 2.28. The van der Waals surface area contributed by atoms with E-state index < -0.39 is 30.0 Å². The zero-order chi connectivity index (χ0) is 14.6. The number of nitro groups is 1. The first-order chi connectivity index (χ1) is 8.76. The van der Waals surface area contributed by atoms with Crippen molar-refractivity contribution in [2.45, 2.75) is 25.8 Å². The minimum Gasteiger partial charge on any atom is -0.390 e. The first kappa shape index (κ1) is 15.5. The van der Waals surface area contributed by atoms with E-state index in [0.29, 0.717) is 11.1 Å². The minimum absolute atomic E-state index is 0.0416. The Kier molecular flexibility index (Phi) is 4.90. The molecule has 1 atom stereocenters. The predicted octanol–water partition coefficient (Wildman–Crippen LogP) is 2.18. The molecular formula is C12H16F2N2O3. The molecule has 0 heterocycles. The molecule has 0 saturated carbocycles. The van der Waals surface area contributed by atoms with Gasteiger partial charge in [0.05, 0.1) is 11.5 Å². The minimum atomic E-state index is -3.20. The molecular weight excluding hydrogens is 258 g/mol. The average Bonchev–Trinajstić information content (AvgIpc) is 2.36. The lowest BCUT2D eigenvalue weighted by Crippen LogP contribution is -2.37. The van der Waals surface area contributed by atoms with Crippen molar-refractivity contribution in [3.63, 3.8) is 0 Å². The summed E-state index contributed by atoms with van der Waals surface area (Å²) in [5.74, 6) is -3.20. The van der Waals surface area contributed by atoms with Gasteiger partial charge in [-0.1, -0.05) is 12.1 Å². The molecule has 1 aromatic rings. The summed E-state index contributed by atoms with van der Waals surface area (Å²) in [4.78, 5) is 10.3. The number of nitro benzene ring substituents is 1. The number of alkyl halides is 2. The number of aliphatic hydroxyl groups is 1. The van der Waals surface area contributed by atoms with Gasteiger partial charge < -0.3 is 10.4 Å². The molecule has 7 heteroatoms. The highest BCUT2D eigenvalue weighted by atomic mass is 19.3. The van der Waals surface area contributed by atoms with E-state index in [1.807, 2.05) is 0 Å². The van der Waals surface area contributed by atoms with Crippen LogP contribution < -0.4 is 5.32 Å². The normalized spacial score (nSPS) is 13.3. The van der Waals surface area contributed by atoms with Crippen LogP contribution in [0, 0.1) is 17.0 Å². The number of aliphatic hydroxyl groups excluding tert-OH is 1. The number of hydrogen-bond acceptors (Lipinski definition) is 4. The van der Waals surface area contributed by atoms with Crippen LogP contribution in [0.5, 0.6) is 0 Å². The summed E-state index contributed by atoms with van der Waals surface area (Å²) in [5.41, 5.74) is 1.02. The van der Waals surface area contributed by atoms with Crippen LogP contribution in [0.25, 0.3) is 0 Å². The fourth-order valence-electron chi connectivity index (χ4n) is 1.57. The van der Waals surface area contributed by atoms with Gasteiger partial charge in [0, 0.05) is 17.7 Å². The van der Waals surface area contributed by atoms with Crippen molar-refractivity contribution in [3.05, 3.63) is 39.4 Å². The molecule has 0 fully saturated rings. The third-order valence-corrected chi connectivity index (χ3v) is 2.83. The average molecular weight is 274 g/mol. The Bertz CT molecular complexity index is 466. The van der Waals surface area contributed by atoms with Crippen LogP contribution in [0.1, 0.15) is 24.1 Å². The van der Waals surface area contributed by atoms with Crippen molar-refractivity contribution in [2.24, 2.45) is 0 Å². The third-order valence-electron chi connectivity index (χ3n) is 2.83. The van der Waals surface area contributed by atoms with Gasteiger partial charge in [-0.2, -0.15) is 0 Å². The van der Waals surface area contributed by atoms with Crippen molar-refractivity contribution in [3.8, 4) is 0 Å². The Morgan fingerprint density at radius 3 is 2.68 bits per heavy atom. The van der Waals surface area contributed by atoms with E-state index in [0.717, 1.165) is 0 Å². The maximum Gasteiger partial charge on any atom is 0.282 e. The van der Waals surface area contributed by atoms with E-state index >= 15 is 0 Å². The molecule has 2 N–H and O–H groups in total. The smallest absolute Gasteiger partial charge is 0.282 e. The highest BCUT2D eigenvalue weighted by molar-refractivity contribution is 5.43. The molecule has 19 heavy (non-hydrogen) atoms. The summed E-state index contributed by atoms with van der Waals surface area (Å²) < 4.78 is 25.8. The monoisotopic (exact) mass is 274 g/mol. The molecule has 0 aliphatic carbocycles. The van der Waals surface area contributed by atoms with Crippen LogP contribution in [0.4, 0.5) is 14.5 Å². The van der Waals surface area contributed by atoms with Crippen molar-refractivity contribution in [2.75, 3.05) is 13.2 Å². The first-order valence-electron chi connectivity index (χ1n) is 5.74. The summed E-state index contributed by atoms with van der Waals surface area (Å²) in [6.45, 7) is 1.31. The van der Waals surface area contributed by atoms with E-state index in [1.54, 1.807) is 26.0 Å². The van der Waals surface area contributed by atoms with Gasteiger partial charge in [0.1, 0.15) is 6.61 Å². The molecule has 0 amide bonds. The predicted molar refractivity (Wildman–Crippen MR) is 66.3 cm³/mol. The maximum absolute atomic E-state index is 12.9. The summed E-state index contributed by atoms with van der Waals surface area (Å²) in [7, 11) is 0. The Morgan fingerprint density at radius 1 is 1.53 bits per heavy atom. The van der Waals surface area contributed by atoms with Crippen LogP contribution in [0.2, 0.25) is 0 Å². The van der Waals surface area contributed by atoms with Gasteiger partial charge in [-0.25, -0.2) is 8.78 Å². The van der Waals surface area contributed by atoms with Gasteiger partial charge in [-0.05, 0) is 19.4 Å². The quantitative estimate of drug-likeness (QED) is 0.616. The number of aryl methyl sites for hydroxylation is 1. The van der Waals surface area contributed by atoms with Gasteiger partial charge in [-0.15, -0.1) is 0 Å².